The molecule has 51 heavy (non-hydrogen) atoms. The minimum atomic E-state index is 0.00573. The number of nitrogens with one attached hydrogen (secondary N) is 1. The Morgan fingerprint density at radius 3 is 2.10 bits per heavy atom. The lowest BCUT2D eigenvalue weighted by Crippen LogP contribution is -2.56. The van der Waals surface area contributed by atoms with Gasteiger partial charge in [-0.25, -0.2) is 0 Å². The van der Waals surface area contributed by atoms with E-state index in [2.05, 4.69) is 73.2 Å². The molecule has 4 aromatic carbocycles. The lowest BCUT2D eigenvalue weighted by Gasteiger charge is -2.35. The van der Waals surface area contributed by atoms with Crippen molar-refractivity contribution in [3.63, 3.8) is 0 Å². The lowest BCUT2D eigenvalue weighted by molar-refractivity contribution is -0.729. The maximum Gasteiger partial charge on any atom is 0.195 e. The molecule has 3 fully saturated rings. The smallest absolute Gasteiger partial charge is 0.195 e. The van der Waals surface area contributed by atoms with E-state index in [1.54, 1.807) is 12.1 Å². The van der Waals surface area contributed by atoms with Gasteiger partial charge in [0.1, 0.15) is 11.5 Å². The average Bonchev–Trinajstić information content (AvgIpc) is 3.63. The number of morpholine rings is 1. The summed E-state index contributed by atoms with van der Waals surface area (Å²) >= 11 is 0. The van der Waals surface area contributed by atoms with E-state index in [9.17, 15) is 19.8 Å². The standard InChI is InChI=1S/C41H43N5O5/c47-26-36-34-10-8-31(20-28(34)6-12-40(36)49)44-14-3-4-30(23-44)42-22-33-5-1-2-15-46(33)39-25-45(24-38(39)43-16-18-51-19-17-43)32-9-11-35-29(21-32)7-13-41(50)37(35)27-48/h1-2,5-13,15,20-21,26-27,30,38-39,42H,3-4,14,16-19,22-25H2,(H-,47,48,49,50)/p+1. The van der Waals surface area contributed by atoms with Crippen LogP contribution in [0.3, 0.4) is 0 Å². The summed E-state index contributed by atoms with van der Waals surface area (Å²) in [4.78, 5) is 30.8. The van der Waals surface area contributed by atoms with E-state index in [0.717, 1.165) is 117 Å². The van der Waals surface area contributed by atoms with Crippen LogP contribution in [0.25, 0.3) is 21.5 Å². The first-order valence-electron chi connectivity index (χ1n) is 18.0. The number of anilines is 2. The summed E-state index contributed by atoms with van der Waals surface area (Å²) in [5.41, 5.74) is 4.14. The predicted molar refractivity (Wildman–Crippen MR) is 198 cm³/mol. The summed E-state index contributed by atoms with van der Waals surface area (Å²) in [5.74, 6) is 0.0168. The fraction of sp³-hybridized carbons (Fsp3) is 0.341. The first-order valence-corrected chi connectivity index (χ1v) is 18.0. The highest BCUT2D eigenvalue weighted by Gasteiger charge is 2.44. The van der Waals surface area contributed by atoms with Crippen molar-refractivity contribution in [1.29, 1.82) is 0 Å². The summed E-state index contributed by atoms with van der Waals surface area (Å²) in [6, 6.07) is 26.5. The van der Waals surface area contributed by atoms with Crippen molar-refractivity contribution < 1.29 is 29.1 Å². The maximum absolute atomic E-state index is 11.7. The Morgan fingerprint density at radius 1 is 0.765 bits per heavy atom. The summed E-state index contributed by atoms with van der Waals surface area (Å²) in [5, 5.41) is 27.7. The van der Waals surface area contributed by atoms with Gasteiger partial charge in [-0.2, -0.15) is 4.57 Å². The number of aldehydes is 2. The van der Waals surface area contributed by atoms with Crippen LogP contribution in [-0.2, 0) is 11.3 Å². The van der Waals surface area contributed by atoms with Gasteiger partial charge in [-0.1, -0.05) is 30.3 Å². The van der Waals surface area contributed by atoms with Gasteiger partial charge in [0.05, 0.1) is 43.5 Å². The normalized spacial score (nSPS) is 21.4. The molecule has 10 nitrogen and oxygen atoms in total. The molecule has 0 amide bonds. The van der Waals surface area contributed by atoms with Crippen LogP contribution in [0.1, 0.15) is 45.3 Å². The first-order chi connectivity index (χ1) is 25.0. The number of piperidine rings is 1. The van der Waals surface area contributed by atoms with Crippen molar-refractivity contribution in [1.82, 2.24) is 10.2 Å². The van der Waals surface area contributed by atoms with Gasteiger partial charge in [-0.15, -0.1) is 0 Å². The fourth-order valence-corrected chi connectivity index (χ4v) is 8.41. The quantitative estimate of drug-likeness (QED) is 0.148. The topological polar surface area (TPSA) is 109 Å². The molecule has 1 aromatic heterocycles. The number of hydrogen-bond donors (Lipinski definition) is 3. The monoisotopic (exact) mass is 686 g/mol. The van der Waals surface area contributed by atoms with Crippen LogP contribution in [-0.4, -0.2) is 92.3 Å². The van der Waals surface area contributed by atoms with Crippen LogP contribution >= 0.6 is 0 Å². The van der Waals surface area contributed by atoms with E-state index >= 15 is 0 Å². The number of hydrogen-bond acceptors (Lipinski definition) is 9. The van der Waals surface area contributed by atoms with Gasteiger partial charge in [0.2, 0.25) is 0 Å². The number of phenols is 2. The molecular formula is C41H44N5O5+. The zero-order valence-corrected chi connectivity index (χ0v) is 28.7. The van der Waals surface area contributed by atoms with Gasteiger partial charge in [0.15, 0.2) is 30.5 Å². The molecule has 262 valence electrons. The van der Waals surface area contributed by atoms with E-state index < -0.39 is 0 Å². The summed E-state index contributed by atoms with van der Waals surface area (Å²) in [6.45, 7) is 7.61. The van der Waals surface area contributed by atoms with Crippen LogP contribution in [0.5, 0.6) is 11.5 Å². The highest BCUT2D eigenvalue weighted by atomic mass is 16.5. The van der Waals surface area contributed by atoms with Gasteiger partial charge >= 0.3 is 0 Å². The second-order valence-corrected chi connectivity index (χ2v) is 14.0. The van der Waals surface area contributed by atoms with Gasteiger partial charge in [-0.3, -0.25) is 14.5 Å². The number of benzene rings is 4. The molecule has 4 heterocycles. The van der Waals surface area contributed by atoms with Crippen molar-refractivity contribution >= 4 is 45.5 Å². The fourth-order valence-electron chi connectivity index (χ4n) is 8.41. The Kier molecular flexibility index (Phi) is 9.29. The number of fused-ring (bicyclic) bond motifs is 2. The number of pyridine rings is 1. The predicted octanol–water partition coefficient (Wildman–Crippen LogP) is 4.84. The number of rotatable bonds is 9. The highest BCUT2D eigenvalue weighted by Crippen LogP contribution is 2.34. The average molecular weight is 687 g/mol. The largest absolute Gasteiger partial charge is 0.507 e. The molecule has 3 N–H and O–H groups in total. The third kappa shape index (κ3) is 6.51. The van der Waals surface area contributed by atoms with Crippen molar-refractivity contribution in [3.05, 3.63) is 102 Å². The van der Waals surface area contributed by atoms with Crippen LogP contribution < -0.4 is 19.7 Å². The molecule has 3 aliphatic heterocycles. The minimum absolute atomic E-state index is 0.00573. The molecule has 5 aromatic rings. The zero-order valence-electron chi connectivity index (χ0n) is 28.7. The van der Waals surface area contributed by atoms with E-state index in [-0.39, 0.29) is 17.5 Å². The number of ether oxygens (including phenoxy) is 1. The Balaban J connectivity index is 1.01. The SMILES string of the molecule is O=Cc1c(O)ccc2cc(N3CCCC(NCc4cccc[n+]4C4CN(c5ccc6c(C=O)c(O)ccc6c5)CC4N4CCOCC4)C3)ccc12. The molecule has 0 saturated carbocycles. The minimum Gasteiger partial charge on any atom is -0.507 e. The van der Waals surface area contributed by atoms with Crippen molar-refractivity contribution in [2.45, 2.75) is 37.5 Å². The molecular weight excluding hydrogens is 642 g/mol. The van der Waals surface area contributed by atoms with Gasteiger partial charge in [-0.05, 0) is 70.8 Å². The van der Waals surface area contributed by atoms with Crippen LogP contribution in [0.15, 0.2) is 85.1 Å². The van der Waals surface area contributed by atoms with Gasteiger partial charge in [0.25, 0.3) is 0 Å². The number of aromatic nitrogens is 1. The lowest BCUT2D eigenvalue weighted by atomic mass is 10.0. The van der Waals surface area contributed by atoms with Crippen molar-refractivity contribution in [2.75, 3.05) is 62.3 Å². The van der Waals surface area contributed by atoms with E-state index in [4.69, 9.17) is 4.74 Å². The molecule has 3 unspecified atom stereocenters. The highest BCUT2D eigenvalue weighted by molar-refractivity contribution is 6.02. The Hall–Kier alpha value is -5.03. The number of nitrogens with zero attached hydrogens (tertiary/aromatic N) is 4. The summed E-state index contributed by atoms with van der Waals surface area (Å²) < 4.78 is 8.22. The Labute approximate surface area is 297 Å². The van der Waals surface area contributed by atoms with E-state index in [0.29, 0.717) is 23.2 Å². The van der Waals surface area contributed by atoms with E-state index in [1.807, 2.05) is 24.3 Å². The molecule has 3 atom stereocenters. The number of carbonyl (C=O) groups excluding carboxylic acids is 2. The first kappa shape index (κ1) is 33.1. The van der Waals surface area contributed by atoms with Crippen LogP contribution in [0, 0.1) is 0 Å². The molecule has 0 bridgehead atoms. The molecule has 3 saturated heterocycles. The number of carbonyl (C=O) groups is 2. The van der Waals surface area contributed by atoms with Gasteiger partial charge in [0, 0.05) is 62.3 Å². The molecule has 0 radical (unpaired) electrons. The van der Waals surface area contributed by atoms with Crippen LogP contribution in [0.2, 0.25) is 0 Å². The third-order valence-corrected chi connectivity index (χ3v) is 11.1. The number of phenolic OH excluding ortho intramolecular Hbond substituents is 2. The maximum atomic E-state index is 11.7. The third-order valence-electron chi connectivity index (χ3n) is 11.1. The summed E-state index contributed by atoms with van der Waals surface area (Å²) in [7, 11) is 0. The zero-order chi connectivity index (χ0) is 34.9. The molecule has 3 aliphatic rings. The molecule has 0 aliphatic carbocycles. The van der Waals surface area contributed by atoms with Gasteiger partial charge < -0.3 is 30.1 Å². The van der Waals surface area contributed by atoms with Crippen LogP contribution in [0.4, 0.5) is 11.4 Å². The molecule has 8 rings (SSSR count). The Morgan fingerprint density at radius 2 is 1.43 bits per heavy atom. The second-order valence-electron chi connectivity index (χ2n) is 14.0. The Bertz CT molecular complexity index is 2080. The molecule has 0 spiro atoms. The van der Waals surface area contributed by atoms with E-state index in [1.165, 1.54) is 5.69 Å². The van der Waals surface area contributed by atoms with Crippen molar-refractivity contribution in [3.8, 4) is 11.5 Å². The van der Waals surface area contributed by atoms with Crippen molar-refractivity contribution in [2.24, 2.45) is 0 Å². The number of aromatic hydroxyl groups is 2. The summed E-state index contributed by atoms with van der Waals surface area (Å²) in [6.07, 6.45) is 5.86. The molecule has 10 heteroatoms. The second kappa shape index (κ2) is 14.3.